The van der Waals surface area contributed by atoms with Gasteiger partial charge in [0.2, 0.25) is 0 Å². The lowest BCUT2D eigenvalue weighted by molar-refractivity contribution is 0.0499. The number of pyridine rings is 1. The van der Waals surface area contributed by atoms with Crippen LogP contribution in [0, 0.1) is 0 Å². The molecule has 2 N–H and O–H groups in total. The maximum absolute atomic E-state index is 12.4. The lowest BCUT2D eigenvalue weighted by Gasteiger charge is -2.09. The Hall–Kier alpha value is -3.17. The number of aromatic nitrogens is 2. The molecule has 0 bridgehead atoms. The Morgan fingerprint density at radius 3 is 2.57 bits per heavy atom. The lowest BCUT2D eigenvalue weighted by atomic mass is 10.2. The van der Waals surface area contributed by atoms with Crippen LogP contribution in [0.25, 0.3) is 10.6 Å². The molecule has 0 atom stereocenters. The van der Waals surface area contributed by atoms with Crippen LogP contribution in [-0.4, -0.2) is 33.6 Å². The van der Waals surface area contributed by atoms with Crippen molar-refractivity contribution in [2.24, 2.45) is 0 Å². The minimum atomic E-state index is -0.403. The van der Waals surface area contributed by atoms with Crippen LogP contribution in [0.2, 0.25) is 0 Å². The van der Waals surface area contributed by atoms with Gasteiger partial charge in [-0.05, 0) is 55.0 Å². The molecule has 1 aromatic carbocycles. The van der Waals surface area contributed by atoms with Gasteiger partial charge in [-0.1, -0.05) is 13.3 Å². The molecule has 0 unspecified atom stereocenters. The van der Waals surface area contributed by atoms with Gasteiger partial charge in [-0.2, -0.15) is 0 Å². The maximum atomic E-state index is 12.4. The van der Waals surface area contributed by atoms with Gasteiger partial charge in [0.1, 0.15) is 10.7 Å². The number of carbonyl (C=O) groups is 2. The molecule has 1 amide bonds. The van der Waals surface area contributed by atoms with E-state index in [1.807, 2.05) is 19.1 Å². The molecule has 0 saturated heterocycles. The Kier molecular flexibility index (Phi) is 7.58. The Morgan fingerprint density at radius 1 is 1.13 bits per heavy atom. The zero-order chi connectivity index (χ0) is 21.3. The predicted molar refractivity (Wildman–Crippen MR) is 121 cm³/mol. The summed E-state index contributed by atoms with van der Waals surface area (Å²) in [6.07, 6.45) is 5.14. The summed E-state index contributed by atoms with van der Waals surface area (Å²) in [4.78, 5) is 32.6. The fourth-order valence-electron chi connectivity index (χ4n) is 2.42. The number of hydrogen-bond donors (Lipinski definition) is 2. The van der Waals surface area contributed by atoms with Gasteiger partial charge in [-0.15, -0.1) is 11.3 Å². The van der Waals surface area contributed by atoms with Crippen LogP contribution < -0.4 is 10.6 Å². The number of benzene rings is 1. The number of carbonyl (C=O) groups excluding carboxylic acids is 2. The predicted octanol–water partition coefficient (Wildman–Crippen LogP) is 4.29. The third-order valence-corrected chi connectivity index (χ3v) is 5.10. The first-order valence-electron chi connectivity index (χ1n) is 9.32. The van der Waals surface area contributed by atoms with Gasteiger partial charge < -0.3 is 10.1 Å². The average molecular weight is 441 g/mol. The summed E-state index contributed by atoms with van der Waals surface area (Å²) < 4.78 is 5.17. The highest BCUT2D eigenvalue weighted by Gasteiger charge is 2.14. The van der Waals surface area contributed by atoms with Gasteiger partial charge in [-0.25, -0.2) is 9.78 Å². The number of nitrogens with one attached hydrogen (secondary N) is 2. The van der Waals surface area contributed by atoms with E-state index >= 15 is 0 Å². The highest BCUT2D eigenvalue weighted by atomic mass is 32.1. The van der Waals surface area contributed by atoms with E-state index < -0.39 is 5.91 Å². The molecule has 0 aliphatic heterocycles. The molecule has 3 aromatic rings. The molecule has 154 valence electrons. The normalized spacial score (nSPS) is 10.3. The summed E-state index contributed by atoms with van der Waals surface area (Å²) in [6, 6.07) is 10.3. The summed E-state index contributed by atoms with van der Waals surface area (Å²) >= 11 is 6.57. The largest absolute Gasteiger partial charge is 0.462 e. The Balaban J connectivity index is 1.53. The molecule has 0 spiro atoms. The molecule has 3 rings (SSSR count). The van der Waals surface area contributed by atoms with E-state index in [4.69, 9.17) is 17.0 Å². The molecule has 30 heavy (non-hydrogen) atoms. The topological polar surface area (TPSA) is 93.2 Å². The monoisotopic (exact) mass is 440 g/mol. The van der Waals surface area contributed by atoms with E-state index in [0.29, 0.717) is 17.9 Å². The molecule has 7 nitrogen and oxygen atoms in total. The van der Waals surface area contributed by atoms with Gasteiger partial charge >= 0.3 is 5.97 Å². The van der Waals surface area contributed by atoms with Crippen molar-refractivity contribution in [3.05, 3.63) is 65.4 Å². The number of thiocarbonyl (C=S) groups is 1. The van der Waals surface area contributed by atoms with Gasteiger partial charge in [0.05, 0.1) is 12.2 Å². The smallest absolute Gasteiger partial charge is 0.338 e. The van der Waals surface area contributed by atoms with Crippen molar-refractivity contribution in [3.63, 3.8) is 0 Å². The van der Waals surface area contributed by atoms with E-state index in [-0.39, 0.29) is 16.8 Å². The highest BCUT2D eigenvalue weighted by Crippen LogP contribution is 2.22. The minimum absolute atomic E-state index is 0.136. The number of unbranched alkanes of at least 4 members (excludes halogenated alkanes) is 1. The first-order valence-corrected chi connectivity index (χ1v) is 10.6. The molecule has 0 radical (unpaired) electrons. The number of thiazole rings is 1. The Bertz CT molecular complexity index is 1020. The molecule has 2 heterocycles. The standard InChI is InChI=1S/C21H20N4O3S2/c1-2-3-12-28-20(27)15-4-6-16(7-5-15)23-21(29)25-18(26)17-13-30-19(24-17)14-8-10-22-11-9-14/h4-11,13H,2-3,12H2,1H3,(H2,23,25,26,29). The van der Waals surface area contributed by atoms with Crippen molar-refractivity contribution in [1.29, 1.82) is 0 Å². The van der Waals surface area contributed by atoms with Crippen molar-refractivity contribution in [2.75, 3.05) is 11.9 Å². The number of nitrogens with zero attached hydrogens (tertiary/aromatic N) is 2. The number of anilines is 1. The molecule has 0 aliphatic carbocycles. The zero-order valence-corrected chi connectivity index (χ0v) is 17.9. The summed E-state index contributed by atoms with van der Waals surface area (Å²) in [5, 5.41) is 8.05. The van der Waals surface area contributed by atoms with Gasteiger partial charge in [0, 0.05) is 29.0 Å². The van der Waals surface area contributed by atoms with E-state index in [9.17, 15) is 9.59 Å². The van der Waals surface area contributed by atoms with Crippen molar-refractivity contribution < 1.29 is 14.3 Å². The van der Waals surface area contributed by atoms with Crippen LogP contribution >= 0.6 is 23.6 Å². The zero-order valence-electron chi connectivity index (χ0n) is 16.3. The quantitative estimate of drug-likeness (QED) is 0.322. The molecule has 9 heteroatoms. The molecule has 0 saturated carbocycles. The second-order valence-electron chi connectivity index (χ2n) is 6.25. The van der Waals surface area contributed by atoms with Crippen molar-refractivity contribution >= 4 is 46.2 Å². The highest BCUT2D eigenvalue weighted by molar-refractivity contribution is 7.80. The van der Waals surface area contributed by atoms with E-state index in [2.05, 4.69) is 20.6 Å². The van der Waals surface area contributed by atoms with Crippen molar-refractivity contribution in [2.45, 2.75) is 19.8 Å². The molecular formula is C21H20N4O3S2. The maximum Gasteiger partial charge on any atom is 0.338 e. The van der Waals surface area contributed by atoms with Crippen LogP contribution in [-0.2, 0) is 4.74 Å². The fraction of sp³-hybridized carbons (Fsp3) is 0.190. The third kappa shape index (κ3) is 5.91. The molecule has 0 aliphatic rings. The summed E-state index contributed by atoms with van der Waals surface area (Å²) in [5.41, 5.74) is 2.27. The average Bonchev–Trinajstić information content (AvgIpc) is 3.25. The van der Waals surface area contributed by atoms with Gasteiger partial charge in [0.15, 0.2) is 5.11 Å². The van der Waals surface area contributed by atoms with Crippen LogP contribution in [0.3, 0.4) is 0 Å². The SMILES string of the molecule is CCCCOC(=O)c1ccc(NC(=S)NC(=O)c2csc(-c3ccncc3)n2)cc1. The van der Waals surface area contributed by atoms with Gasteiger partial charge in [-0.3, -0.25) is 15.1 Å². The Labute approximate surface area is 183 Å². The fourth-order valence-corrected chi connectivity index (χ4v) is 3.43. The number of rotatable bonds is 7. The van der Waals surface area contributed by atoms with Crippen molar-refractivity contribution in [3.8, 4) is 10.6 Å². The third-order valence-electron chi connectivity index (χ3n) is 4.00. The molecular weight excluding hydrogens is 420 g/mol. The van der Waals surface area contributed by atoms with E-state index in [1.54, 1.807) is 42.0 Å². The summed E-state index contributed by atoms with van der Waals surface area (Å²) in [6.45, 7) is 2.44. The van der Waals surface area contributed by atoms with E-state index in [0.717, 1.165) is 23.4 Å². The number of esters is 1. The molecule has 0 fully saturated rings. The number of ether oxygens (including phenoxy) is 1. The first-order chi connectivity index (χ1) is 14.6. The van der Waals surface area contributed by atoms with Crippen molar-refractivity contribution in [1.82, 2.24) is 15.3 Å². The first kappa shape index (κ1) is 21.5. The second-order valence-corrected chi connectivity index (χ2v) is 7.52. The Morgan fingerprint density at radius 2 is 1.87 bits per heavy atom. The summed E-state index contributed by atoms with van der Waals surface area (Å²) in [7, 11) is 0. The van der Waals surface area contributed by atoms with Crippen LogP contribution in [0.1, 0.15) is 40.6 Å². The van der Waals surface area contributed by atoms with Crippen LogP contribution in [0.5, 0.6) is 0 Å². The lowest BCUT2D eigenvalue weighted by Crippen LogP contribution is -2.34. The minimum Gasteiger partial charge on any atom is -0.462 e. The number of hydrogen-bond acceptors (Lipinski definition) is 7. The molecule has 2 aromatic heterocycles. The van der Waals surface area contributed by atoms with E-state index in [1.165, 1.54) is 11.3 Å². The second kappa shape index (κ2) is 10.6. The van der Waals surface area contributed by atoms with Crippen LogP contribution in [0.4, 0.5) is 5.69 Å². The summed E-state index contributed by atoms with van der Waals surface area (Å²) in [5.74, 6) is -0.764. The van der Waals surface area contributed by atoms with Gasteiger partial charge in [0.25, 0.3) is 5.91 Å². The van der Waals surface area contributed by atoms with Crippen LogP contribution in [0.15, 0.2) is 54.2 Å². The number of amides is 1.